The highest BCUT2D eigenvalue weighted by molar-refractivity contribution is 7.98. The Kier molecular flexibility index (Phi) is 5.80. The summed E-state index contributed by atoms with van der Waals surface area (Å²) >= 11 is 1.93. The average Bonchev–Trinajstić information content (AvgIpc) is 2.63. The minimum Gasteiger partial charge on any atom is -0.464 e. The Morgan fingerprint density at radius 2 is 2.07 bits per heavy atom. The summed E-state index contributed by atoms with van der Waals surface area (Å²) in [6, 6.07) is 4.14. The zero-order chi connectivity index (χ0) is 10.2. The third-order valence-corrected chi connectivity index (χ3v) is 3.04. The van der Waals surface area contributed by atoms with Crippen molar-refractivity contribution in [1.29, 1.82) is 0 Å². The number of hydrogen-bond acceptors (Lipinski definition) is 3. The maximum absolute atomic E-state index is 5.65. The minimum absolute atomic E-state index is 0.842. The molecule has 0 saturated heterocycles. The molecule has 1 aromatic rings. The molecule has 0 atom stereocenters. The predicted octanol–water partition coefficient (Wildman–Crippen LogP) is 3.03. The van der Waals surface area contributed by atoms with Gasteiger partial charge in [-0.3, -0.25) is 0 Å². The van der Waals surface area contributed by atoms with Gasteiger partial charge in [0.1, 0.15) is 11.5 Å². The van der Waals surface area contributed by atoms with E-state index in [0.29, 0.717) is 0 Å². The van der Waals surface area contributed by atoms with E-state index in [1.54, 1.807) is 0 Å². The van der Waals surface area contributed by atoms with Crippen LogP contribution in [0.3, 0.4) is 0 Å². The Hall–Kier alpha value is -0.410. The SMILES string of the molecule is CCCSCc1ccc(CNCC)o1. The number of nitrogens with one attached hydrogen (secondary N) is 1. The maximum Gasteiger partial charge on any atom is 0.117 e. The first-order chi connectivity index (χ1) is 6.86. The lowest BCUT2D eigenvalue weighted by atomic mass is 10.4. The highest BCUT2D eigenvalue weighted by Gasteiger charge is 2.00. The minimum atomic E-state index is 0.842. The monoisotopic (exact) mass is 213 g/mol. The molecule has 0 radical (unpaired) electrons. The molecule has 0 aliphatic heterocycles. The molecule has 0 unspecified atom stereocenters. The van der Waals surface area contributed by atoms with Crippen LogP contribution < -0.4 is 5.32 Å². The van der Waals surface area contributed by atoms with Crippen molar-refractivity contribution in [3.63, 3.8) is 0 Å². The van der Waals surface area contributed by atoms with Crippen molar-refractivity contribution in [2.24, 2.45) is 0 Å². The second-order valence-corrected chi connectivity index (χ2v) is 4.31. The topological polar surface area (TPSA) is 25.2 Å². The van der Waals surface area contributed by atoms with E-state index in [9.17, 15) is 0 Å². The largest absolute Gasteiger partial charge is 0.464 e. The lowest BCUT2D eigenvalue weighted by Crippen LogP contribution is -2.10. The Labute approximate surface area is 90.5 Å². The standard InChI is InChI=1S/C11H19NOS/c1-3-7-14-9-11-6-5-10(13-11)8-12-4-2/h5-6,12H,3-4,7-9H2,1-2H3. The van der Waals surface area contributed by atoms with Crippen LogP contribution in [0.4, 0.5) is 0 Å². The van der Waals surface area contributed by atoms with Crippen LogP contribution in [0.1, 0.15) is 31.8 Å². The number of furan rings is 1. The highest BCUT2D eigenvalue weighted by atomic mass is 32.2. The number of rotatable bonds is 7. The van der Waals surface area contributed by atoms with Gasteiger partial charge in [-0.2, -0.15) is 11.8 Å². The van der Waals surface area contributed by atoms with Gasteiger partial charge in [0.2, 0.25) is 0 Å². The summed E-state index contributed by atoms with van der Waals surface area (Å²) in [6.07, 6.45) is 1.23. The van der Waals surface area contributed by atoms with Crippen LogP contribution in [0.5, 0.6) is 0 Å². The third kappa shape index (κ3) is 4.20. The third-order valence-electron chi connectivity index (χ3n) is 1.86. The van der Waals surface area contributed by atoms with Gasteiger partial charge < -0.3 is 9.73 Å². The van der Waals surface area contributed by atoms with Crippen molar-refractivity contribution in [2.75, 3.05) is 12.3 Å². The normalized spacial score (nSPS) is 10.7. The quantitative estimate of drug-likeness (QED) is 0.705. The number of hydrogen-bond donors (Lipinski definition) is 1. The van der Waals surface area contributed by atoms with Crippen molar-refractivity contribution in [1.82, 2.24) is 5.32 Å². The Balaban J connectivity index is 2.27. The van der Waals surface area contributed by atoms with Crippen LogP contribution in [0.25, 0.3) is 0 Å². The maximum atomic E-state index is 5.65. The molecule has 0 spiro atoms. The van der Waals surface area contributed by atoms with Gasteiger partial charge in [0.25, 0.3) is 0 Å². The predicted molar refractivity (Wildman–Crippen MR) is 62.5 cm³/mol. The summed E-state index contributed by atoms with van der Waals surface area (Å²) < 4.78 is 5.65. The average molecular weight is 213 g/mol. The van der Waals surface area contributed by atoms with Crippen molar-refractivity contribution in [2.45, 2.75) is 32.6 Å². The fraction of sp³-hybridized carbons (Fsp3) is 0.636. The van der Waals surface area contributed by atoms with Crippen LogP contribution in [-0.2, 0) is 12.3 Å². The molecule has 0 bridgehead atoms. The van der Waals surface area contributed by atoms with E-state index in [0.717, 1.165) is 30.4 Å². The van der Waals surface area contributed by atoms with Crippen molar-refractivity contribution in [3.05, 3.63) is 23.7 Å². The van der Waals surface area contributed by atoms with Gasteiger partial charge in [-0.1, -0.05) is 13.8 Å². The van der Waals surface area contributed by atoms with Gasteiger partial charge in [0.15, 0.2) is 0 Å². The molecule has 1 heterocycles. The van der Waals surface area contributed by atoms with E-state index in [2.05, 4.69) is 31.3 Å². The molecule has 2 nitrogen and oxygen atoms in total. The van der Waals surface area contributed by atoms with Crippen LogP contribution >= 0.6 is 11.8 Å². The smallest absolute Gasteiger partial charge is 0.117 e. The second kappa shape index (κ2) is 6.96. The lowest BCUT2D eigenvalue weighted by Gasteiger charge is -1.98. The Morgan fingerprint density at radius 3 is 2.79 bits per heavy atom. The molecular formula is C11H19NOS. The fourth-order valence-corrected chi connectivity index (χ4v) is 1.95. The Bertz CT molecular complexity index is 247. The molecule has 0 saturated carbocycles. The summed E-state index contributed by atoms with van der Waals surface area (Å²) in [5.41, 5.74) is 0. The van der Waals surface area contributed by atoms with Gasteiger partial charge in [-0.05, 0) is 30.9 Å². The van der Waals surface area contributed by atoms with Crippen LogP contribution in [0, 0.1) is 0 Å². The summed E-state index contributed by atoms with van der Waals surface area (Å²) in [4.78, 5) is 0. The van der Waals surface area contributed by atoms with Crippen LogP contribution in [0.15, 0.2) is 16.5 Å². The molecule has 1 rings (SSSR count). The molecular weight excluding hydrogens is 194 g/mol. The van der Waals surface area contributed by atoms with E-state index in [4.69, 9.17) is 4.42 Å². The number of thioether (sulfide) groups is 1. The van der Waals surface area contributed by atoms with Gasteiger partial charge in [-0.15, -0.1) is 0 Å². The highest BCUT2D eigenvalue weighted by Crippen LogP contribution is 2.15. The van der Waals surface area contributed by atoms with Gasteiger partial charge in [-0.25, -0.2) is 0 Å². The zero-order valence-electron chi connectivity index (χ0n) is 9.01. The van der Waals surface area contributed by atoms with Crippen molar-refractivity contribution in [3.8, 4) is 0 Å². The van der Waals surface area contributed by atoms with Crippen LogP contribution in [0.2, 0.25) is 0 Å². The van der Waals surface area contributed by atoms with E-state index in [1.807, 2.05) is 11.8 Å². The summed E-state index contributed by atoms with van der Waals surface area (Å²) in [6.45, 7) is 6.13. The van der Waals surface area contributed by atoms with E-state index < -0.39 is 0 Å². The lowest BCUT2D eigenvalue weighted by molar-refractivity contribution is 0.463. The molecule has 1 N–H and O–H groups in total. The fourth-order valence-electron chi connectivity index (χ4n) is 1.16. The first-order valence-corrected chi connectivity index (χ1v) is 6.38. The first kappa shape index (κ1) is 11.7. The molecule has 1 aromatic heterocycles. The van der Waals surface area contributed by atoms with Crippen molar-refractivity contribution >= 4 is 11.8 Å². The molecule has 0 aromatic carbocycles. The molecule has 80 valence electrons. The zero-order valence-corrected chi connectivity index (χ0v) is 9.82. The van der Waals surface area contributed by atoms with E-state index >= 15 is 0 Å². The van der Waals surface area contributed by atoms with Gasteiger partial charge >= 0.3 is 0 Å². The molecule has 3 heteroatoms. The second-order valence-electron chi connectivity index (χ2n) is 3.20. The summed E-state index contributed by atoms with van der Waals surface area (Å²) in [5.74, 6) is 4.35. The first-order valence-electron chi connectivity index (χ1n) is 5.22. The summed E-state index contributed by atoms with van der Waals surface area (Å²) in [7, 11) is 0. The molecule has 14 heavy (non-hydrogen) atoms. The van der Waals surface area contributed by atoms with Crippen molar-refractivity contribution < 1.29 is 4.42 Å². The van der Waals surface area contributed by atoms with Gasteiger partial charge in [0, 0.05) is 0 Å². The van der Waals surface area contributed by atoms with E-state index in [-0.39, 0.29) is 0 Å². The van der Waals surface area contributed by atoms with Crippen LogP contribution in [-0.4, -0.2) is 12.3 Å². The molecule has 0 aliphatic rings. The Morgan fingerprint density at radius 1 is 1.29 bits per heavy atom. The molecule has 0 fully saturated rings. The van der Waals surface area contributed by atoms with E-state index in [1.165, 1.54) is 12.2 Å². The summed E-state index contributed by atoms with van der Waals surface area (Å²) in [5, 5.41) is 3.24. The van der Waals surface area contributed by atoms with Gasteiger partial charge in [0.05, 0.1) is 12.3 Å². The molecule has 0 aliphatic carbocycles. The molecule has 0 amide bonds.